The number of carbonyl (C=O) groups excluding carboxylic acids is 2. The Balaban J connectivity index is 1.76. The second-order valence-electron chi connectivity index (χ2n) is 6.16. The van der Waals surface area contributed by atoms with Gasteiger partial charge in [-0.3, -0.25) is 9.59 Å². The molecule has 1 aromatic heterocycles. The second-order valence-corrected chi connectivity index (χ2v) is 6.56. The van der Waals surface area contributed by atoms with Crippen molar-refractivity contribution >= 4 is 23.4 Å². The fourth-order valence-corrected chi connectivity index (χ4v) is 3.24. The fraction of sp³-hybridized carbons (Fsp3) is 0.316. The normalized spacial score (nSPS) is 17.6. The smallest absolute Gasteiger partial charge is 0.245 e. The van der Waals surface area contributed by atoms with Gasteiger partial charge < -0.3 is 14.5 Å². The first-order chi connectivity index (χ1) is 12.5. The minimum atomic E-state index is -0.566. The summed E-state index contributed by atoms with van der Waals surface area (Å²) in [5.74, 6) is 0.237. The van der Waals surface area contributed by atoms with Crippen LogP contribution in [0, 0.1) is 0 Å². The highest BCUT2D eigenvalue weighted by Gasteiger charge is 2.36. The Bertz CT molecular complexity index is 827. The number of halogens is 1. The third-order valence-corrected chi connectivity index (χ3v) is 4.85. The summed E-state index contributed by atoms with van der Waals surface area (Å²) in [5.41, 5.74) is 1.59. The van der Waals surface area contributed by atoms with Gasteiger partial charge in [0.05, 0.1) is 13.7 Å². The van der Waals surface area contributed by atoms with E-state index in [4.69, 9.17) is 16.3 Å². The number of aromatic nitrogens is 1. The van der Waals surface area contributed by atoms with Crippen molar-refractivity contribution in [3.8, 4) is 5.88 Å². The van der Waals surface area contributed by atoms with Gasteiger partial charge in [-0.2, -0.15) is 0 Å². The zero-order valence-electron chi connectivity index (χ0n) is 14.7. The van der Waals surface area contributed by atoms with Crippen LogP contribution < -0.4 is 4.74 Å². The first kappa shape index (κ1) is 18.2. The molecular formula is C19H20ClN3O3. The molecule has 0 spiro atoms. The maximum atomic E-state index is 12.8. The first-order valence-electron chi connectivity index (χ1n) is 8.30. The summed E-state index contributed by atoms with van der Waals surface area (Å²) in [4.78, 5) is 32.7. The molecule has 1 aromatic carbocycles. The van der Waals surface area contributed by atoms with Gasteiger partial charge >= 0.3 is 0 Å². The standard InChI is InChI=1S/C19H20ClN3O3/c1-13-19(25)22(10-14-6-3-4-8-16(14)20)12-17(24)23(13)11-15-7-5-9-21-18(15)26-2/h3-9,13H,10-12H2,1-2H3/t13-/m0/s1. The van der Waals surface area contributed by atoms with Crippen molar-refractivity contribution in [1.29, 1.82) is 0 Å². The zero-order chi connectivity index (χ0) is 18.7. The monoisotopic (exact) mass is 373 g/mol. The molecule has 1 saturated heterocycles. The number of nitrogens with zero attached hydrogens (tertiary/aromatic N) is 3. The molecule has 0 saturated carbocycles. The van der Waals surface area contributed by atoms with E-state index in [-0.39, 0.29) is 24.9 Å². The number of rotatable bonds is 5. The molecule has 1 aliphatic rings. The van der Waals surface area contributed by atoms with Crippen LogP contribution in [-0.2, 0) is 22.7 Å². The number of amides is 2. The van der Waals surface area contributed by atoms with Crippen molar-refractivity contribution in [2.24, 2.45) is 0 Å². The first-order valence-corrected chi connectivity index (χ1v) is 8.68. The zero-order valence-corrected chi connectivity index (χ0v) is 15.4. The molecule has 136 valence electrons. The molecule has 1 aliphatic heterocycles. The largest absolute Gasteiger partial charge is 0.481 e. The number of piperazine rings is 1. The molecule has 1 atom stereocenters. The van der Waals surface area contributed by atoms with Crippen LogP contribution >= 0.6 is 11.6 Å². The van der Waals surface area contributed by atoms with Gasteiger partial charge in [-0.15, -0.1) is 0 Å². The summed E-state index contributed by atoms with van der Waals surface area (Å²) < 4.78 is 5.24. The average molecular weight is 374 g/mol. The summed E-state index contributed by atoms with van der Waals surface area (Å²) in [5, 5.41) is 0.586. The van der Waals surface area contributed by atoms with Crippen LogP contribution in [0.2, 0.25) is 5.02 Å². The van der Waals surface area contributed by atoms with E-state index in [0.29, 0.717) is 17.4 Å². The molecule has 1 fully saturated rings. The third kappa shape index (κ3) is 3.65. The Morgan fingerprint density at radius 3 is 2.62 bits per heavy atom. The number of ether oxygens (including phenoxy) is 1. The lowest BCUT2D eigenvalue weighted by atomic mass is 10.1. The van der Waals surface area contributed by atoms with E-state index >= 15 is 0 Å². The SMILES string of the molecule is COc1ncccc1CN1C(=O)CN(Cc2ccccc2Cl)C(=O)[C@@H]1C. The maximum Gasteiger partial charge on any atom is 0.245 e. The Morgan fingerprint density at radius 2 is 1.88 bits per heavy atom. The van der Waals surface area contributed by atoms with Crippen LogP contribution in [0.3, 0.4) is 0 Å². The molecule has 2 amide bonds. The van der Waals surface area contributed by atoms with Crippen molar-refractivity contribution in [2.75, 3.05) is 13.7 Å². The minimum absolute atomic E-state index is 0.0248. The number of hydrogen-bond acceptors (Lipinski definition) is 4. The van der Waals surface area contributed by atoms with Crippen LogP contribution in [0.15, 0.2) is 42.6 Å². The molecule has 7 heteroatoms. The Morgan fingerprint density at radius 1 is 1.15 bits per heavy atom. The van der Waals surface area contributed by atoms with Crippen molar-refractivity contribution < 1.29 is 14.3 Å². The summed E-state index contributed by atoms with van der Waals surface area (Å²) in [6, 6.07) is 10.4. The molecule has 2 aromatic rings. The molecule has 6 nitrogen and oxygen atoms in total. The van der Waals surface area contributed by atoms with E-state index in [1.807, 2.05) is 24.3 Å². The van der Waals surface area contributed by atoms with Gasteiger partial charge in [-0.1, -0.05) is 35.9 Å². The van der Waals surface area contributed by atoms with Crippen LogP contribution in [0.4, 0.5) is 0 Å². The van der Waals surface area contributed by atoms with Gasteiger partial charge in [0.2, 0.25) is 17.7 Å². The Labute approximate surface area is 157 Å². The summed E-state index contributed by atoms with van der Waals surface area (Å²) in [6.07, 6.45) is 1.63. The van der Waals surface area contributed by atoms with Crippen molar-refractivity contribution in [2.45, 2.75) is 26.1 Å². The average Bonchev–Trinajstić information content (AvgIpc) is 2.65. The number of hydrogen-bond donors (Lipinski definition) is 0. The topological polar surface area (TPSA) is 62.7 Å². The van der Waals surface area contributed by atoms with Gasteiger partial charge in [-0.05, 0) is 24.6 Å². The van der Waals surface area contributed by atoms with Gasteiger partial charge in [0.25, 0.3) is 0 Å². The second kappa shape index (κ2) is 7.74. The summed E-state index contributed by atoms with van der Waals surface area (Å²) in [6.45, 7) is 2.36. The van der Waals surface area contributed by atoms with E-state index in [1.54, 1.807) is 35.1 Å². The Hall–Kier alpha value is -2.60. The number of carbonyl (C=O) groups is 2. The van der Waals surface area contributed by atoms with E-state index in [2.05, 4.69) is 4.98 Å². The fourth-order valence-electron chi connectivity index (χ4n) is 3.05. The molecule has 0 radical (unpaired) electrons. The minimum Gasteiger partial charge on any atom is -0.481 e. The van der Waals surface area contributed by atoms with Crippen LogP contribution in [0.1, 0.15) is 18.1 Å². The highest BCUT2D eigenvalue weighted by atomic mass is 35.5. The van der Waals surface area contributed by atoms with E-state index in [0.717, 1.165) is 11.1 Å². The van der Waals surface area contributed by atoms with E-state index in [1.165, 1.54) is 7.11 Å². The molecule has 26 heavy (non-hydrogen) atoms. The molecule has 0 bridgehead atoms. The van der Waals surface area contributed by atoms with Gasteiger partial charge in [0, 0.05) is 23.3 Å². The van der Waals surface area contributed by atoms with Crippen molar-refractivity contribution in [3.05, 3.63) is 58.7 Å². The molecule has 3 rings (SSSR count). The maximum absolute atomic E-state index is 12.8. The summed E-state index contributed by atoms with van der Waals surface area (Å²) in [7, 11) is 1.53. The lowest BCUT2D eigenvalue weighted by Gasteiger charge is -2.39. The van der Waals surface area contributed by atoms with Crippen molar-refractivity contribution in [3.63, 3.8) is 0 Å². The van der Waals surface area contributed by atoms with Crippen LogP contribution in [-0.4, -0.2) is 46.3 Å². The highest BCUT2D eigenvalue weighted by Crippen LogP contribution is 2.23. The van der Waals surface area contributed by atoms with E-state index in [9.17, 15) is 9.59 Å². The van der Waals surface area contributed by atoms with Gasteiger partial charge in [0.15, 0.2) is 0 Å². The predicted octanol–water partition coefficient (Wildman–Crippen LogP) is 2.50. The lowest BCUT2D eigenvalue weighted by Crippen LogP contribution is -2.58. The van der Waals surface area contributed by atoms with Crippen molar-refractivity contribution in [1.82, 2.24) is 14.8 Å². The van der Waals surface area contributed by atoms with Crippen LogP contribution in [0.5, 0.6) is 5.88 Å². The van der Waals surface area contributed by atoms with Crippen LogP contribution in [0.25, 0.3) is 0 Å². The molecule has 2 heterocycles. The van der Waals surface area contributed by atoms with Gasteiger partial charge in [0.1, 0.15) is 12.6 Å². The molecule has 0 aliphatic carbocycles. The third-order valence-electron chi connectivity index (χ3n) is 4.49. The Kier molecular flexibility index (Phi) is 5.42. The number of methoxy groups -OCH3 is 1. The molecule has 0 unspecified atom stereocenters. The molecular weight excluding hydrogens is 354 g/mol. The quantitative estimate of drug-likeness (QED) is 0.807. The summed E-state index contributed by atoms with van der Waals surface area (Å²) >= 11 is 6.18. The van der Waals surface area contributed by atoms with Gasteiger partial charge in [-0.25, -0.2) is 4.98 Å². The number of pyridine rings is 1. The highest BCUT2D eigenvalue weighted by molar-refractivity contribution is 6.31. The lowest BCUT2D eigenvalue weighted by molar-refractivity contribution is -0.156. The number of benzene rings is 1. The molecule has 0 N–H and O–H groups in total. The van der Waals surface area contributed by atoms with E-state index < -0.39 is 6.04 Å². The predicted molar refractivity (Wildman–Crippen MR) is 97.7 cm³/mol.